The SMILES string of the molecule is C#CCOc1ccc(C2CC(=O)Nc3c2cnn3-c2ccc(OC)cc2)cc1. The van der Waals surface area contributed by atoms with Gasteiger partial charge in [0.2, 0.25) is 5.91 Å². The Morgan fingerprint density at radius 2 is 1.89 bits per heavy atom. The molecule has 2 aromatic carbocycles. The lowest BCUT2D eigenvalue weighted by molar-refractivity contribution is -0.116. The summed E-state index contributed by atoms with van der Waals surface area (Å²) in [5, 5.41) is 7.46. The summed E-state index contributed by atoms with van der Waals surface area (Å²) >= 11 is 0. The molecule has 6 nitrogen and oxygen atoms in total. The number of hydrogen-bond acceptors (Lipinski definition) is 4. The molecule has 1 amide bonds. The zero-order chi connectivity index (χ0) is 19.5. The van der Waals surface area contributed by atoms with Gasteiger partial charge in [0.1, 0.15) is 23.9 Å². The van der Waals surface area contributed by atoms with E-state index in [1.54, 1.807) is 11.8 Å². The van der Waals surface area contributed by atoms with E-state index >= 15 is 0 Å². The summed E-state index contributed by atoms with van der Waals surface area (Å²) in [4.78, 5) is 12.4. The number of carbonyl (C=O) groups excluding carboxylic acids is 1. The first-order valence-corrected chi connectivity index (χ1v) is 8.88. The van der Waals surface area contributed by atoms with E-state index in [1.165, 1.54) is 0 Å². The van der Waals surface area contributed by atoms with E-state index in [0.717, 1.165) is 22.6 Å². The number of carbonyl (C=O) groups is 1. The standard InChI is InChI=1S/C22H19N3O3/c1-3-12-28-18-8-4-15(5-9-18)19-13-21(26)24-22-20(19)14-23-25(22)16-6-10-17(27-2)11-7-16/h1,4-11,14,19H,12-13H2,2H3,(H,24,26). The molecule has 0 saturated carbocycles. The van der Waals surface area contributed by atoms with Crippen molar-refractivity contribution in [3.63, 3.8) is 0 Å². The number of terminal acetylenes is 1. The van der Waals surface area contributed by atoms with Crippen molar-refractivity contribution >= 4 is 11.7 Å². The van der Waals surface area contributed by atoms with Gasteiger partial charge >= 0.3 is 0 Å². The molecule has 1 aliphatic rings. The van der Waals surface area contributed by atoms with E-state index in [4.69, 9.17) is 15.9 Å². The Kier molecular flexibility index (Phi) is 4.73. The number of fused-ring (bicyclic) bond motifs is 1. The molecule has 3 aromatic rings. The quantitative estimate of drug-likeness (QED) is 0.697. The molecular weight excluding hydrogens is 354 g/mol. The Morgan fingerprint density at radius 1 is 1.18 bits per heavy atom. The first kappa shape index (κ1) is 17.7. The molecule has 1 N–H and O–H groups in total. The molecule has 0 bridgehead atoms. The predicted molar refractivity (Wildman–Crippen MR) is 106 cm³/mol. The molecule has 0 saturated heterocycles. The molecule has 6 heteroatoms. The van der Waals surface area contributed by atoms with E-state index in [2.05, 4.69) is 16.3 Å². The lowest BCUT2D eigenvalue weighted by Crippen LogP contribution is -2.24. The number of amides is 1. The summed E-state index contributed by atoms with van der Waals surface area (Å²) in [5.74, 6) is 4.49. The molecule has 4 rings (SSSR count). The Labute approximate surface area is 163 Å². The number of benzene rings is 2. The summed E-state index contributed by atoms with van der Waals surface area (Å²) in [7, 11) is 1.62. The lowest BCUT2D eigenvalue weighted by atomic mass is 9.87. The Hall–Kier alpha value is -3.72. The van der Waals surface area contributed by atoms with Gasteiger partial charge in [-0.2, -0.15) is 5.10 Å². The van der Waals surface area contributed by atoms with Gasteiger partial charge in [0.05, 0.1) is 19.0 Å². The highest BCUT2D eigenvalue weighted by Crippen LogP contribution is 2.38. The molecule has 1 aromatic heterocycles. The van der Waals surface area contributed by atoms with Crippen LogP contribution in [0.4, 0.5) is 5.82 Å². The van der Waals surface area contributed by atoms with Gasteiger partial charge in [0.15, 0.2) is 0 Å². The highest BCUT2D eigenvalue weighted by atomic mass is 16.5. The van der Waals surface area contributed by atoms with Crippen molar-refractivity contribution in [2.75, 3.05) is 19.0 Å². The summed E-state index contributed by atoms with van der Waals surface area (Å²) in [6.07, 6.45) is 7.40. The number of anilines is 1. The maximum atomic E-state index is 12.4. The largest absolute Gasteiger partial charge is 0.497 e. The zero-order valence-corrected chi connectivity index (χ0v) is 15.4. The highest BCUT2D eigenvalue weighted by molar-refractivity contribution is 5.94. The lowest BCUT2D eigenvalue weighted by Gasteiger charge is -2.24. The molecule has 28 heavy (non-hydrogen) atoms. The van der Waals surface area contributed by atoms with Crippen LogP contribution in [-0.4, -0.2) is 29.4 Å². The first-order chi connectivity index (χ1) is 13.7. The van der Waals surface area contributed by atoms with Crippen LogP contribution in [0.1, 0.15) is 23.5 Å². The number of nitrogens with one attached hydrogen (secondary N) is 1. The number of rotatable bonds is 5. The second-order valence-corrected chi connectivity index (χ2v) is 6.43. The van der Waals surface area contributed by atoms with Gasteiger partial charge in [-0.1, -0.05) is 18.1 Å². The Morgan fingerprint density at radius 3 is 2.57 bits per heavy atom. The van der Waals surface area contributed by atoms with Gasteiger partial charge in [-0.15, -0.1) is 6.42 Å². The van der Waals surface area contributed by atoms with E-state index in [0.29, 0.717) is 18.0 Å². The van der Waals surface area contributed by atoms with Crippen LogP contribution in [-0.2, 0) is 4.79 Å². The van der Waals surface area contributed by atoms with Gasteiger partial charge in [0.25, 0.3) is 0 Å². The van der Waals surface area contributed by atoms with Crippen molar-refractivity contribution in [1.29, 1.82) is 0 Å². The number of nitrogens with zero attached hydrogens (tertiary/aromatic N) is 2. The second kappa shape index (κ2) is 7.49. The van der Waals surface area contributed by atoms with Crippen LogP contribution in [0, 0.1) is 12.3 Å². The fourth-order valence-corrected chi connectivity index (χ4v) is 3.36. The molecule has 0 fully saturated rings. The third-order valence-electron chi connectivity index (χ3n) is 4.74. The maximum Gasteiger partial charge on any atom is 0.226 e. The number of ether oxygens (including phenoxy) is 2. The Balaban J connectivity index is 1.67. The third kappa shape index (κ3) is 3.30. The monoisotopic (exact) mass is 373 g/mol. The minimum Gasteiger partial charge on any atom is -0.497 e. The van der Waals surface area contributed by atoms with E-state index < -0.39 is 0 Å². The molecule has 0 radical (unpaired) electrons. The average molecular weight is 373 g/mol. The molecule has 0 aliphatic carbocycles. The molecule has 140 valence electrons. The van der Waals surface area contributed by atoms with Gasteiger partial charge in [-0.3, -0.25) is 4.79 Å². The molecule has 1 atom stereocenters. The first-order valence-electron chi connectivity index (χ1n) is 8.88. The van der Waals surface area contributed by atoms with Gasteiger partial charge in [0, 0.05) is 17.9 Å². The number of methoxy groups -OCH3 is 1. The second-order valence-electron chi connectivity index (χ2n) is 6.43. The normalized spacial score (nSPS) is 15.3. The molecular formula is C22H19N3O3. The highest BCUT2D eigenvalue weighted by Gasteiger charge is 2.30. The van der Waals surface area contributed by atoms with Crippen LogP contribution in [0.2, 0.25) is 0 Å². The van der Waals surface area contributed by atoms with Crippen molar-refractivity contribution in [3.05, 3.63) is 65.9 Å². The van der Waals surface area contributed by atoms with Crippen molar-refractivity contribution in [2.45, 2.75) is 12.3 Å². The van der Waals surface area contributed by atoms with Gasteiger partial charge in [-0.25, -0.2) is 4.68 Å². The van der Waals surface area contributed by atoms with E-state index in [1.807, 2.05) is 54.7 Å². The zero-order valence-electron chi connectivity index (χ0n) is 15.4. The molecule has 0 spiro atoms. The van der Waals surface area contributed by atoms with Crippen LogP contribution in [0.25, 0.3) is 5.69 Å². The Bertz CT molecular complexity index is 1030. The number of hydrogen-bond donors (Lipinski definition) is 1. The topological polar surface area (TPSA) is 65.4 Å². The van der Waals surface area contributed by atoms with Crippen molar-refractivity contribution in [1.82, 2.24) is 9.78 Å². The fourth-order valence-electron chi connectivity index (χ4n) is 3.36. The van der Waals surface area contributed by atoms with Gasteiger partial charge < -0.3 is 14.8 Å². The third-order valence-corrected chi connectivity index (χ3v) is 4.74. The van der Waals surface area contributed by atoms with Crippen molar-refractivity contribution < 1.29 is 14.3 Å². The van der Waals surface area contributed by atoms with E-state index in [-0.39, 0.29) is 18.4 Å². The summed E-state index contributed by atoms with van der Waals surface area (Å²) in [6, 6.07) is 15.2. The molecule has 1 unspecified atom stereocenters. The van der Waals surface area contributed by atoms with Crippen molar-refractivity contribution in [2.24, 2.45) is 0 Å². The van der Waals surface area contributed by atoms with E-state index in [9.17, 15) is 4.79 Å². The molecule has 2 heterocycles. The van der Waals surface area contributed by atoms with Crippen LogP contribution >= 0.6 is 0 Å². The summed E-state index contributed by atoms with van der Waals surface area (Å²) < 4.78 is 12.4. The maximum absolute atomic E-state index is 12.4. The summed E-state index contributed by atoms with van der Waals surface area (Å²) in [6.45, 7) is 0.226. The van der Waals surface area contributed by atoms with Crippen molar-refractivity contribution in [3.8, 4) is 29.5 Å². The van der Waals surface area contributed by atoms with Crippen LogP contribution in [0.3, 0.4) is 0 Å². The minimum absolute atomic E-state index is 0.0413. The summed E-state index contributed by atoms with van der Waals surface area (Å²) in [5.41, 5.74) is 2.85. The van der Waals surface area contributed by atoms with Crippen LogP contribution < -0.4 is 14.8 Å². The predicted octanol–water partition coefficient (Wildman–Crippen LogP) is 3.37. The number of aromatic nitrogens is 2. The minimum atomic E-state index is -0.0718. The van der Waals surface area contributed by atoms with Crippen LogP contribution in [0.5, 0.6) is 11.5 Å². The fraction of sp³-hybridized carbons (Fsp3) is 0.182. The van der Waals surface area contributed by atoms with Gasteiger partial charge in [-0.05, 0) is 42.0 Å². The molecule has 1 aliphatic heterocycles. The smallest absolute Gasteiger partial charge is 0.226 e. The van der Waals surface area contributed by atoms with Crippen LogP contribution in [0.15, 0.2) is 54.7 Å². The average Bonchev–Trinajstić information content (AvgIpc) is 3.16.